The lowest BCUT2D eigenvalue weighted by molar-refractivity contribution is 0.0948. The Morgan fingerprint density at radius 2 is 2.05 bits per heavy atom. The summed E-state index contributed by atoms with van der Waals surface area (Å²) in [5.41, 5.74) is -1.43. The highest BCUT2D eigenvalue weighted by molar-refractivity contribution is 7.92. The maximum absolute atomic E-state index is 14.2. The SMILES string of the molecule is CCCS(=O)(=O)Nc1ccc(F)c(C(=O)C(C)C#N)c1F. The Morgan fingerprint density at radius 1 is 1.43 bits per heavy atom. The minimum absolute atomic E-state index is 0.234. The second kappa shape index (κ2) is 6.63. The molecule has 0 bridgehead atoms. The van der Waals surface area contributed by atoms with Gasteiger partial charge in [-0.05, 0) is 25.5 Å². The Labute approximate surface area is 121 Å². The van der Waals surface area contributed by atoms with Crippen LogP contribution >= 0.6 is 0 Å². The first kappa shape index (κ1) is 17.0. The Balaban J connectivity index is 3.29. The Hall–Kier alpha value is -2.01. The number of hydrogen-bond acceptors (Lipinski definition) is 4. The van der Waals surface area contributed by atoms with E-state index < -0.39 is 44.6 Å². The fourth-order valence-corrected chi connectivity index (χ4v) is 2.75. The van der Waals surface area contributed by atoms with E-state index in [4.69, 9.17) is 5.26 Å². The van der Waals surface area contributed by atoms with Crippen molar-refractivity contribution in [2.45, 2.75) is 20.3 Å². The van der Waals surface area contributed by atoms with Crippen LogP contribution in [0.2, 0.25) is 0 Å². The van der Waals surface area contributed by atoms with Gasteiger partial charge in [0.1, 0.15) is 11.7 Å². The number of nitriles is 1. The van der Waals surface area contributed by atoms with Crippen molar-refractivity contribution in [3.8, 4) is 6.07 Å². The van der Waals surface area contributed by atoms with Gasteiger partial charge in [0.15, 0.2) is 11.6 Å². The summed E-state index contributed by atoms with van der Waals surface area (Å²) in [6, 6.07) is 3.26. The number of hydrogen-bond donors (Lipinski definition) is 1. The van der Waals surface area contributed by atoms with Gasteiger partial charge >= 0.3 is 0 Å². The number of anilines is 1. The summed E-state index contributed by atoms with van der Waals surface area (Å²) >= 11 is 0. The highest BCUT2D eigenvalue weighted by Gasteiger charge is 2.25. The smallest absolute Gasteiger partial charge is 0.232 e. The summed E-state index contributed by atoms with van der Waals surface area (Å²) in [6.45, 7) is 2.83. The van der Waals surface area contributed by atoms with Gasteiger partial charge in [0.25, 0.3) is 0 Å². The summed E-state index contributed by atoms with van der Waals surface area (Å²) in [5, 5.41) is 8.65. The molecule has 1 atom stereocenters. The van der Waals surface area contributed by atoms with E-state index >= 15 is 0 Å². The van der Waals surface area contributed by atoms with Crippen LogP contribution in [0.3, 0.4) is 0 Å². The summed E-state index contributed by atoms with van der Waals surface area (Å²) in [6.07, 6.45) is 0.315. The number of carbonyl (C=O) groups excluding carboxylic acids is 1. The van der Waals surface area contributed by atoms with E-state index in [1.807, 2.05) is 4.72 Å². The van der Waals surface area contributed by atoms with Gasteiger partial charge in [-0.3, -0.25) is 9.52 Å². The number of ketones is 1. The van der Waals surface area contributed by atoms with Gasteiger partial charge in [0, 0.05) is 0 Å². The summed E-state index contributed by atoms with van der Waals surface area (Å²) in [5.74, 6) is -4.97. The van der Waals surface area contributed by atoms with Crippen molar-refractivity contribution >= 4 is 21.5 Å². The van der Waals surface area contributed by atoms with E-state index in [1.54, 1.807) is 13.0 Å². The van der Waals surface area contributed by atoms with Crippen LogP contribution in [0.25, 0.3) is 0 Å². The van der Waals surface area contributed by atoms with Crippen molar-refractivity contribution < 1.29 is 22.0 Å². The summed E-state index contributed by atoms with van der Waals surface area (Å²) < 4.78 is 52.9. The second-order valence-electron chi connectivity index (χ2n) is 4.42. The van der Waals surface area contributed by atoms with E-state index in [-0.39, 0.29) is 5.75 Å². The largest absolute Gasteiger partial charge is 0.292 e. The Morgan fingerprint density at radius 3 is 2.57 bits per heavy atom. The highest BCUT2D eigenvalue weighted by Crippen LogP contribution is 2.24. The van der Waals surface area contributed by atoms with E-state index in [2.05, 4.69) is 0 Å². The first-order valence-electron chi connectivity index (χ1n) is 6.15. The first-order valence-corrected chi connectivity index (χ1v) is 7.81. The lowest BCUT2D eigenvalue weighted by Gasteiger charge is -2.12. The van der Waals surface area contributed by atoms with Crippen LogP contribution in [-0.2, 0) is 10.0 Å². The molecule has 1 N–H and O–H groups in total. The van der Waals surface area contributed by atoms with Gasteiger partial charge in [-0.25, -0.2) is 17.2 Å². The third-order valence-corrected chi connectivity index (χ3v) is 4.14. The van der Waals surface area contributed by atoms with Gasteiger partial charge < -0.3 is 0 Å². The van der Waals surface area contributed by atoms with Crippen LogP contribution in [0.5, 0.6) is 0 Å². The molecule has 0 radical (unpaired) electrons. The molecule has 0 heterocycles. The number of benzene rings is 1. The number of carbonyl (C=O) groups is 1. The van der Waals surface area contributed by atoms with Crippen molar-refractivity contribution in [1.82, 2.24) is 0 Å². The lowest BCUT2D eigenvalue weighted by Crippen LogP contribution is -2.19. The lowest BCUT2D eigenvalue weighted by atomic mass is 9.99. The molecule has 0 aliphatic heterocycles. The molecule has 0 spiro atoms. The van der Waals surface area contributed by atoms with Crippen LogP contribution in [0.1, 0.15) is 30.6 Å². The van der Waals surface area contributed by atoms with E-state index in [0.29, 0.717) is 6.42 Å². The molecular formula is C13H14F2N2O3S. The van der Waals surface area contributed by atoms with Gasteiger partial charge in [0.05, 0.1) is 23.1 Å². The predicted octanol–water partition coefficient (Wildman–Crippen LogP) is 2.46. The number of nitrogens with one attached hydrogen (secondary N) is 1. The quantitative estimate of drug-likeness (QED) is 0.817. The maximum atomic E-state index is 14.2. The Kier molecular flexibility index (Phi) is 5.38. The van der Waals surface area contributed by atoms with Crippen molar-refractivity contribution in [1.29, 1.82) is 5.26 Å². The summed E-state index contributed by atoms with van der Waals surface area (Å²) in [4.78, 5) is 11.8. The zero-order valence-electron chi connectivity index (χ0n) is 11.5. The molecule has 1 aromatic carbocycles. The summed E-state index contributed by atoms with van der Waals surface area (Å²) in [7, 11) is -3.78. The van der Waals surface area contributed by atoms with E-state index in [0.717, 1.165) is 12.1 Å². The number of rotatable bonds is 6. The zero-order valence-corrected chi connectivity index (χ0v) is 12.3. The standard InChI is InChI=1S/C13H14F2N2O3S/c1-3-6-21(19,20)17-10-5-4-9(14)11(12(10)15)13(18)8(2)7-16/h4-5,8,17H,3,6H2,1-2H3. The molecule has 114 valence electrons. The van der Waals surface area contributed by atoms with Crippen LogP contribution in [0, 0.1) is 28.9 Å². The molecule has 1 unspecified atom stereocenters. The number of nitrogens with zero attached hydrogens (tertiary/aromatic N) is 1. The molecule has 0 saturated carbocycles. The van der Waals surface area contributed by atoms with Gasteiger partial charge in [0.2, 0.25) is 10.0 Å². The van der Waals surface area contributed by atoms with Gasteiger partial charge in [-0.1, -0.05) is 6.92 Å². The van der Waals surface area contributed by atoms with Crippen LogP contribution < -0.4 is 4.72 Å². The fraction of sp³-hybridized carbons (Fsp3) is 0.385. The topological polar surface area (TPSA) is 87.0 Å². The van der Waals surface area contributed by atoms with Crippen molar-refractivity contribution in [2.75, 3.05) is 10.5 Å². The number of Topliss-reactive ketones (excluding diaryl/α,β-unsaturated/α-hetero) is 1. The first-order chi connectivity index (χ1) is 9.73. The molecule has 21 heavy (non-hydrogen) atoms. The molecule has 0 aliphatic carbocycles. The second-order valence-corrected chi connectivity index (χ2v) is 6.26. The number of halogens is 2. The average molecular weight is 316 g/mol. The Bertz CT molecular complexity index is 696. The predicted molar refractivity (Wildman–Crippen MR) is 73.2 cm³/mol. The minimum Gasteiger partial charge on any atom is -0.292 e. The molecule has 8 heteroatoms. The van der Waals surface area contributed by atoms with Crippen molar-refractivity contribution in [3.63, 3.8) is 0 Å². The van der Waals surface area contributed by atoms with Gasteiger partial charge in [-0.15, -0.1) is 0 Å². The van der Waals surface area contributed by atoms with Crippen molar-refractivity contribution in [3.05, 3.63) is 29.3 Å². The molecule has 0 fully saturated rings. The molecule has 5 nitrogen and oxygen atoms in total. The minimum atomic E-state index is -3.78. The van der Waals surface area contributed by atoms with E-state index in [1.165, 1.54) is 6.92 Å². The van der Waals surface area contributed by atoms with Crippen LogP contribution in [-0.4, -0.2) is 20.0 Å². The normalized spacial score (nSPS) is 12.5. The third-order valence-electron chi connectivity index (χ3n) is 2.66. The zero-order chi connectivity index (χ0) is 16.2. The molecular weight excluding hydrogens is 302 g/mol. The molecule has 1 aromatic rings. The van der Waals surface area contributed by atoms with Crippen LogP contribution in [0.4, 0.5) is 14.5 Å². The molecule has 0 saturated heterocycles. The monoisotopic (exact) mass is 316 g/mol. The van der Waals surface area contributed by atoms with Crippen LogP contribution in [0.15, 0.2) is 12.1 Å². The molecule has 0 aliphatic rings. The molecule has 0 aromatic heterocycles. The molecule has 0 amide bonds. The number of sulfonamides is 1. The highest BCUT2D eigenvalue weighted by atomic mass is 32.2. The third kappa shape index (κ3) is 3.98. The molecule has 1 rings (SSSR count). The fourth-order valence-electron chi connectivity index (χ4n) is 1.62. The maximum Gasteiger partial charge on any atom is 0.232 e. The van der Waals surface area contributed by atoms with Crippen molar-refractivity contribution in [2.24, 2.45) is 5.92 Å². The average Bonchev–Trinajstić information content (AvgIpc) is 2.41. The van der Waals surface area contributed by atoms with E-state index in [9.17, 15) is 22.0 Å². The van der Waals surface area contributed by atoms with Gasteiger partial charge in [-0.2, -0.15) is 5.26 Å².